The lowest BCUT2D eigenvalue weighted by Gasteiger charge is -2.32. The van der Waals surface area contributed by atoms with Crippen molar-refractivity contribution < 1.29 is 45.9 Å². The Hall–Kier alpha value is -5.44. The van der Waals surface area contributed by atoms with Crippen molar-refractivity contribution in [1.29, 1.82) is 10.5 Å². The number of ether oxygens (including phenoxy) is 2. The van der Waals surface area contributed by atoms with Crippen molar-refractivity contribution in [1.82, 2.24) is 34.8 Å². The van der Waals surface area contributed by atoms with Gasteiger partial charge in [-0.1, -0.05) is 36.4 Å². The first-order chi connectivity index (χ1) is 33.0. The Morgan fingerprint density at radius 3 is 2.28 bits per heavy atom. The molecule has 0 aliphatic carbocycles. The molecule has 12 atom stereocenters. The van der Waals surface area contributed by atoms with Gasteiger partial charge in [-0.2, -0.15) is 10.5 Å². The average Bonchev–Trinajstić information content (AvgIpc) is 4.13. The summed E-state index contributed by atoms with van der Waals surface area (Å²) < 4.78 is 71.3. The number of alkyl halides is 2. The molecule has 68 heavy (non-hydrogen) atoms. The zero-order valence-corrected chi connectivity index (χ0v) is 39.0. The predicted octanol–water partition coefficient (Wildman–Crippen LogP) is 3.20. The highest BCUT2D eigenvalue weighted by molar-refractivity contribution is 8.09. The maximum Gasteiger partial charge on any atom is 0.261 e. The number of nitriles is 2. The molecular formula is C40H42F2N14O8P2S2. The molecule has 4 aliphatic heterocycles. The molecule has 0 radical (unpaired) electrons. The normalized spacial score (nSPS) is 27.5. The van der Waals surface area contributed by atoms with E-state index in [0.717, 1.165) is 0 Å². The van der Waals surface area contributed by atoms with Crippen LogP contribution in [-0.2, 0) is 51.2 Å². The van der Waals surface area contributed by atoms with Gasteiger partial charge in [-0.3, -0.25) is 19.1 Å². The molecular weight excluding hydrogens is 969 g/mol. The van der Waals surface area contributed by atoms with Gasteiger partial charge in [0.15, 0.2) is 61.1 Å². The van der Waals surface area contributed by atoms with Crippen LogP contribution < -0.4 is 21.5 Å². The number of anilines is 1. The van der Waals surface area contributed by atoms with Gasteiger partial charge in [0.25, 0.3) is 18.5 Å². The van der Waals surface area contributed by atoms with E-state index >= 15 is 8.78 Å². The van der Waals surface area contributed by atoms with Gasteiger partial charge in [0.1, 0.15) is 42.9 Å². The molecule has 2 saturated heterocycles. The Balaban J connectivity index is 0.991. The second-order valence-electron chi connectivity index (χ2n) is 15.1. The van der Waals surface area contributed by atoms with Crippen molar-refractivity contribution in [2.24, 2.45) is 20.7 Å². The monoisotopic (exact) mass is 1010 g/mol. The fourth-order valence-corrected chi connectivity index (χ4v) is 11.3. The van der Waals surface area contributed by atoms with Crippen LogP contribution in [0.1, 0.15) is 39.8 Å². The van der Waals surface area contributed by atoms with Crippen LogP contribution in [0.3, 0.4) is 0 Å². The van der Waals surface area contributed by atoms with Gasteiger partial charge in [0, 0.05) is 24.2 Å². The second kappa shape index (κ2) is 22.3. The van der Waals surface area contributed by atoms with Gasteiger partial charge in [-0.05, 0) is 47.9 Å². The molecule has 6 heterocycles. The molecule has 2 aromatic carbocycles. The number of nitrogens with zero attached hydrogens (tertiary/aromatic N) is 10. The second-order valence-corrected chi connectivity index (χ2v) is 20.3. The fourth-order valence-electron chi connectivity index (χ4n) is 7.55. The van der Waals surface area contributed by atoms with Crippen molar-refractivity contribution in [2.75, 3.05) is 31.6 Å². The maximum atomic E-state index is 16.9. The topological polar surface area (TPSA) is 283 Å². The number of amidine groups is 1. The molecule has 2 fully saturated rings. The minimum absolute atomic E-state index is 0.0161. The number of hydrogen-bond donors (Lipinski definition) is 4. The first-order valence-corrected chi connectivity index (χ1v) is 26.0. The highest BCUT2D eigenvalue weighted by Gasteiger charge is 2.54. The van der Waals surface area contributed by atoms with Crippen LogP contribution in [0.2, 0.25) is 0 Å². The first kappa shape index (κ1) is 49.0. The number of nitrogens with two attached hydrogens (primary N) is 1. The van der Waals surface area contributed by atoms with E-state index in [4.69, 9.17) is 62.2 Å². The molecule has 0 saturated carbocycles. The van der Waals surface area contributed by atoms with E-state index in [-0.39, 0.29) is 62.0 Å². The summed E-state index contributed by atoms with van der Waals surface area (Å²) in [6, 6.07) is 20.0. The molecule has 5 N–H and O–H groups in total. The minimum Gasteiger partial charge on any atom is -0.348 e. The number of halogens is 2. The van der Waals surface area contributed by atoms with Crippen LogP contribution >= 0.6 is 13.8 Å². The summed E-state index contributed by atoms with van der Waals surface area (Å²) in [6.07, 6.45) is -7.81. The Morgan fingerprint density at radius 2 is 1.57 bits per heavy atom. The summed E-state index contributed by atoms with van der Waals surface area (Å²) in [4.78, 5) is 53.3. The Bertz CT molecular complexity index is 2720. The lowest BCUT2D eigenvalue weighted by molar-refractivity contribution is -0.0514. The number of carbonyl (C=O) groups is 2. The SMILES string of the molecule is N#CCCO[PH](=S)O[C@H]1[C@@H](F)[C@H](N2C=NC3C(NC(=O)c4ccccc4)=NC=NC32)O[C@@H]1CNP(=S)(OCCC#N)O[C@H]1[C@@H](F)[C@H](n2cnc3c(NC(=O)c4ccccc4)ncnc32)O[C@@H]1CN. The number of hydrogen-bond acceptors (Lipinski definition) is 20. The molecule has 28 heteroatoms. The number of rotatable bonds is 19. The van der Waals surface area contributed by atoms with E-state index in [1.54, 1.807) is 60.7 Å². The Morgan fingerprint density at radius 1 is 0.897 bits per heavy atom. The zero-order valence-electron chi connectivity index (χ0n) is 35.4. The largest absolute Gasteiger partial charge is 0.348 e. The van der Waals surface area contributed by atoms with Gasteiger partial charge >= 0.3 is 0 Å². The van der Waals surface area contributed by atoms with Gasteiger partial charge in [-0.25, -0.2) is 38.8 Å². The summed E-state index contributed by atoms with van der Waals surface area (Å²) in [5, 5.41) is 26.8. The highest BCUT2D eigenvalue weighted by Crippen LogP contribution is 2.51. The van der Waals surface area contributed by atoms with Crippen molar-refractivity contribution >= 4 is 84.7 Å². The van der Waals surface area contributed by atoms with Crippen molar-refractivity contribution in [3.63, 3.8) is 0 Å². The van der Waals surface area contributed by atoms with Gasteiger partial charge in [0.2, 0.25) is 0 Å². The number of fused-ring (bicyclic) bond motifs is 2. The molecule has 4 aliphatic rings. The van der Waals surface area contributed by atoms with Crippen LogP contribution in [0.4, 0.5) is 14.6 Å². The zero-order chi connectivity index (χ0) is 47.8. The predicted molar refractivity (Wildman–Crippen MR) is 249 cm³/mol. The minimum atomic E-state index is -3.86. The first-order valence-electron chi connectivity index (χ1n) is 20.9. The van der Waals surface area contributed by atoms with Crippen molar-refractivity contribution in [2.45, 2.75) is 74.3 Å². The molecule has 356 valence electrons. The fraction of sp³-hybridized carbons (Fsp3) is 0.400. The number of imidazole rings is 1. The number of nitrogens with one attached hydrogen (secondary N) is 3. The molecule has 0 spiro atoms. The molecule has 4 unspecified atom stereocenters. The van der Waals surface area contributed by atoms with E-state index in [1.165, 1.54) is 34.8 Å². The average molecular weight is 1010 g/mol. The third-order valence-electron chi connectivity index (χ3n) is 10.8. The van der Waals surface area contributed by atoms with E-state index in [0.29, 0.717) is 11.1 Å². The lowest BCUT2D eigenvalue weighted by Crippen LogP contribution is -2.52. The Kier molecular flexibility index (Phi) is 16.1. The van der Waals surface area contributed by atoms with E-state index in [2.05, 4.69) is 45.7 Å². The standard InChI is InChI=1S/C40H42F2N14O8P2S2/c41-27-31(63-65(67)59-15-7-13-43)26(62-39(27)55-21-50-29-33(46-19-48-35(29)55)53-37(57)23-9-3-1-4-10-23)18-52-66(68,60-16-8-14-44)64-32-25(17-45)61-40(28(32)42)56-22-51-30-34(47-20-49-36(30)56)54-38(58)24-11-5-2-6-12-24/h1-6,9-12,19-22,25-29,31-32,35,39-40,65H,7-8,15-18,45H2,(H,52,68)(H,46,48,53,57)(H,47,49,54,58)/t25-,26-,27-,28-,29?,31-,32-,35?,39-,40-,66?/m1/s1. The number of benzene rings is 2. The van der Waals surface area contributed by atoms with Gasteiger partial charge in [-0.15, -0.1) is 0 Å². The molecule has 2 amide bonds. The molecule has 22 nitrogen and oxygen atoms in total. The summed E-state index contributed by atoms with van der Waals surface area (Å²) >= 11 is 11.4. The van der Waals surface area contributed by atoms with Crippen molar-refractivity contribution in [3.05, 3.63) is 84.4 Å². The van der Waals surface area contributed by atoms with E-state index in [1.807, 2.05) is 12.1 Å². The summed E-state index contributed by atoms with van der Waals surface area (Å²) in [5.74, 6) is -0.629. The maximum absolute atomic E-state index is 16.9. The van der Waals surface area contributed by atoms with Gasteiger partial charge in [0.05, 0.1) is 50.9 Å². The van der Waals surface area contributed by atoms with E-state index in [9.17, 15) is 14.9 Å². The van der Waals surface area contributed by atoms with Gasteiger partial charge < -0.3 is 48.8 Å². The number of aliphatic imine (C=N–C) groups is 3. The molecule has 8 rings (SSSR count). The van der Waals surface area contributed by atoms with Crippen LogP contribution in [0, 0.1) is 22.7 Å². The van der Waals surface area contributed by atoms with E-state index < -0.39 is 87.0 Å². The van der Waals surface area contributed by atoms with Crippen molar-refractivity contribution in [3.8, 4) is 12.1 Å². The number of aromatic nitrogens is 4. The van der Waals surface area contributed by atoms with Crippen LogP contribution in [0.25, 0.3) is 11.2 Å². The summed E-state index contributed by atoms with van der Waals surface area (Å²) in [6.45, 7) is -4.70. The summed E-state index contributed by atoms with van der Waals surface area (Å²) in [5.41, 5.74) is 7.14. The third kappa shape index (κ3) is 10.9. The quantitative estimate of drug-likeness (QED) is 0.0775. The van der Waals surface area contributed by atoms with Crippen LogP contribution in [-0.4, -0.2) is 136 Å². The number of carbonyl (C=O) groups excluding carboxylic acids is 2. The molecule has 2 aromatic heterocycles. The Labute approximate surface area is 397 Å². The van der Waals surface area contributed by atoms with Crippen LogP contribution in [0.5, 0.6) is 0 Å². The van der Waals surface area contributed by atoms with Crippen LogP contribution in [0.15, 0.2) is 88.3 Å². The number of amides is 2. The molecule has 0 bridgehead atoms. The third-order valence-corrected chi connectivity index (χ3v) is 14.9. The smallest absolute Gasteiger partial charge is 0.261 e. The highest BCUT2D eigenvalue weighted by atomic mass is 32.5. The molecule has 4 aromatic rings. The summed E-state index contributed by atoms with van der Waals surface area (Å²) in [7, 11) is -2.59. The lowest BCUT2D eigenvalue weighted by atomic mass is 10.1.